The molecule has 0 amide bonds. The summed E-state index contributed by atoms with van der Waals surface area (Å²) in [6.07, 6.45) is 1.51. The Kier molecular flexibility index (Phi) is 3.39. The van der Waals surface area contributed by atoms with Crippen molar-refractivity contribution in [3.63, 3.8) is 0 Å². The van der Waals surface area contributed by atoms with Crippen molar-refractivity contribution in [3.05, 3.63) is 22.8 Å². The van der Waals surface area contributed by atoms with Crippen molar-refractivity contribution in [3.8, 4) is 6.07 Å². The van der Waals surface area contributed by atoms with Crippen LogP contribution in [0.1, 0.15) is 12.5 Å². The van der Waals surface area contributed by atoms with E-state index in [-0.39, 0.29) is 5.92 Å². The number of nitriles is 1. The summed E-state index contributed by atoms with van der Waals surface area (Å²) in [5.41, 5.74) is 0.355. The van der Waals surface area contributed by atoms with Crippen LogP contribution in [0.3, 0.4) is 0 Å². The van der Waals surface area contributed by atoms with Crippen LogP contribution in [0, 0.1) is 23.2 Å². The van der Waals surface area contributed by atoms with E-state index in [0.29, 0.717) is 29.5 Å². The Bertz CT molecular complexity index is 527. The molecule has 1 aromatic heterocycles. The van der Waals surface area contributed by atoms with Gasteiger partial charge in [-0.15, -0.1) is 0 Å². The van der Waals surface area contributed by atoms with Gasteiger partial charge in [-0.05, 0) is 12.0 Å². The number of carboxylic acid groups (broad SMARTS) is 1. The van der Waals surface area contributed by atoms with Crippen LogP contribution in [0.4, 0.5) is 5.82 Å². The summed E-state index contributed by atoms with van der Waals surface area (Å²) in [7, 11) is 0. The first kappa shape index (κ1) is 12.7. The Morgan fingerprint density at radius 1 is 1.67 bits per heavy atom. The number of carboxylic acids is 1. The van der Waals surface area contributed by atoms with Gasteiger partial charge in [0.2, 0.25) is 0 Å². The Morgan fingerprint density at radius 2 is 2.39 bits per heavy atom. The van der Waals surface area contributed by atoms with Crippen molar-refractivity contribution < 1.29 is 9.90 Å². The van der Waals surface area contributed by atoms with Gasteiger partial charge in [0, 0.05) is 19.3 Å². The minimum Gasteiger partial charge on any atom is -0.481 e. The van der Waals surface area contributed by atoms with Gasteiger partial charge in [0.1, 0.15) is 16.9 Å². The van der Waals surface area contributed by atoms with Crippen LogP contribution in [-0.4, -0.2) is 29.1 Å². The van der Waals surface area contributed by atoms with Crippen LogP contribution in [-0.2, 0) is 4.79 Å². The number of aromatic nitrogens is 1. The molecule has 2 rings (SSSR count). The number of pyridine rings is 1. The number of rotatable bonds is 2. The average molecular weight is 266 g/mol. The van der Waals surface area contributed by atoms with Crippen LogP contribution in [0.25, 0.3) is 0 Å². The van der Waals surface area contributed by atoms with E-state index in [1.807, 2.05) is 17.9 Å². The summed E-state index contributed by atoms with van der Waals surface area (Å²) in [5, 5.41) is 18.3. The largest absolute Gasteiger partial charge is 0.481 e. The third-order valence-electron chi connectivity index (χ3n) is 3.22. The van der Waals surface area contributed by atoms with Crippen molar-refractivity contribution in [1.82, 2.24) is 4.98 Å². The van der Waals surface area contributed by atoms with E-state index in [2.05, 4.69) is 4.98 Å². The zero-order valence-corrected chi connectivity index (χ0v) is 10.6. The van der Waals surface area contributed by atoms with Crippen molar-refractivity contribution in [2.75, 3.05) is 18.0 Å². The first-order valence-corrected chi connectivity index (χ1v) is 5.94. The lowest BCUT2D eigenvalue weighted by Crippen LogP contribution is -2.24. The molecule has 2 unspecified atom stereocenters. The fraction of sp³-hybridized carbons (Fsp3) is 0.417. The van der Waals surface area contributed by atoms with E-state index in [4.69, 9.17) is 22.0 Å². The molecule has 94 valence electrons. The number of carbonyl (C=O) groups is 1. The van der Waals surface area contributed by atoms with Crippen LogP contribution in [0.5, 0.6) is 0 Å². The third-order valence-corrected chi connectivity index (χ3v) is 3.59. The first-order chi connectivity index (χ1) is 8.54. The second-order valence-electron chi connectivity index (χ2n) is 4.43. The van der Waals surface area contributed by atoms with Crippen molar-refractivity contribution in [2.24, 2.45) is 11.8 Å². The molecule has 1 fully saturated rings. The Morgan fingerprint density at radius 3 is 2.94 bits per heavy atom. The van der Waals surface area contributed by atoms with Gasteiger partial charge in [-0.1, -0.05) is 18.5 Å². The lowest BCUT2D eigenvalue weighted by Gasteiger charge is -2.18. The maximum atomic E-state index is 11.1. The van der Waals surface area contributed by atoms with Crippen LogP contribution in [0.15, 0.2) is 12.3 Å². The molecule has 2 heterocycles. The molecule has 1 saturated heterocycles. The molecule has 5 nitrogen and oxygen atoms in total. The molecule has 0 radical (unpaired) electrons. The summed E-state index contributed by atoms with van der Waals surface area (Å²) in [6, 6.07) is 3.53. The van der Waals surface area contributed by atoms with Crippen molar-refractivity contribution >= 4 is 23.4 Å². The quantitative estimate of drug-likeness (QED) is 0.882. The van der Waals surface area contributed by atoms with Crippen LogP contribution >= 0.6 is 11.6 Å². The molecular weight excluding hydrogens is 254 g/mol. The fourth-order valence-electron chi connectivity index (χ4n) is 2.20. The van der Waals surface area contributed by atoms with E-state index in [0.717, 1.165) is 0 Å². The highest BCUT2D eigenvalue weighted by Crippen LogP contribution is 2.32. The molecule has 18 heavy (non-hydrogen) atoms. The maximum absolute atomic E-state index is 11.1. The van der Waals surface area contributed by atoms with E-state index >= 15 is 0 Å². The number of nitrogens with zero attached hydrogens (tertiary/aromatic N) is 3. The Balaban J connectivity index is 2.30. The highest BCUT2D eigenvalue weighted by atomic mass is 35.5. The van der Waals surface area contributed by atoms with E-state index < -0.39 is 11.9 Å². The zero-order valence-electron chi connectivity index (χ0n) is 9.80. The summed E-state index contributed by atoms with van der Waals surface area (Å²) in [6.45, 7) is 2.84. The minimum absolute atomic E-state index is 0.0334. The van der Waals surface area contributed by atoms with Gasteiger partial charge >= 0.3 is 5.97 Å². The maximum Gasteiger partial charge on any atom is 0.308 e. The SMILES string of the molecule is CC1CN(c2nccc(C#N)c2Cl)CC1C(=O)O. The lowest BCUT2D eigenvalue weighted by molar-refractivity contribution is -0.142. The number of anilines is 1. The van der Waals surface area contributed by atoms with Crippen LogP contribution in [0.2, 0.25) is 5.02 Å². The molecule has 1 aliphatic rings. The van der Waals surface area contributed by atoms with Crippen molar-refractivity contribution in [1.29, 1.82) is 5.26 Å². The third kappa shape index (κ3) is 2.12. The number of hydrogen-bond donors (Lipinski definition) is 1. The predicted molar refractivity (Wildman–Crippen MR) is 66.5 cm³/mol. The van der Waals surface area contributed by atoms with Crippen LogP contribution < -0.4 is 4.90 Å². The van der Waals surface area contributed by atoms with Gasteiger partial charge in [-0.25, -0.2) is 4.98 Å². The van der Waals surface area contributed by atoms with Crippen molar-refractivity contribution in [2.45, 2.75) is 6.92 Å². The fourth-order valence-corrected chi connectivity index (χ4v) is 2.47. The topological polar surface area (TPSA) is 77.2 Å². The molecular formula is C12H12ClN3O2. The second kappa shape index (κ2) is 4.83. The van der Waals surface area contributed by atoms with E-state index in [9.17, 15) is 4.79 Å². The van der Waals surface area contributed by atoms with Gasteiger partial charge in [-0.3, -0.25) is 4.79 Å². The minimum atomic E-state index is -0.808. The highest BCUT2D eigenvalue weighted by molar-refractivity contribution is 6.34. The lowest BCUT2D eigenvalue weighted by atomic mass is 9.99. The molecule has 1 aliphatic heterocycles. The molecule has 6 heteroatoms. The Hall–Kier alpha value is -1.80. The standard InChI is InChI=1S/C12H12ClN3O2/c1-7-5-16(6-9(7)12(17)18)11-10(13)8(4-14)2-3-15-11/h2-3,7,9H,5-6H2,1H3,(H,17,18). The normalized spacial score (nSPS) is 22.8. The first-order valence-electron chi connectivity index (χ1n) is 5.57. The second-order valence-corrected chi connectivity index (χ2v) is 4.81. The van der Waals surface area contributed by atoms with Gasteiger partial charge in [-0.2, -0.15) is 5.26 Å². The molecule has 0 aromatic carbocycles. The monoisotopic (exact) mass is 265 g/mol. The summed E-state index contributed by atoms with van der Waals surface area (Å²) >= 11 is 6.09. The summed E-state index contributed by atoms with van der Waals surface area (Å²) in [4.78, 5) is 17.0. The molecule has 2 atom stereocenters. The van der Waals surface area contributed by atoms with E-state index in [1.165, 1.54) is 6.20 Å². The number of aliphatic carboxylic acids is 1. The number of halogens is 1. The smallest absolute Gasteiger partial charge is 0.308 e. The summed E-state index contributed by atoms with van der Waals surface area (Å²) < 4.78 is 0. The van der Waals surface area contributed by atoms with Gasteiger partial charge in [0.25, 0.3) is 0 Å². The molecule has 0 aliphatic carbocycles. The average Bonchev–Trinajstić information content (AvgIpc) is 2.71. The number of hydrogen-bond acceptors (Lipinski definition) is 4. The highest BCUT2D eigenvalue weighted by Gasteiger charge is 2.36. The van der Waals surface area contributed by atoms with Gasteiger partial charge < -0.3 is 10.0 Å². The zero-order chi connectivity index (χ0) is 13.3. The van der Waals surface area contributed by atoms with Gasteiger partial charge in [0.15, 0.2) is 0 Å². The van der Waals surface area contributed by atoms with E-state index in [1.54, 1.807) is 6.07 Å². The predicted octanol–water partition coefficient (Wildman–Crippen LogP) is 1.76. The summed E-state index contributed by atoms with van der Waals surface area (Å²) in [5.74, 6) is -0.705. The molecule has 1 N–H and O–H groups in total. The molecule has 0 saturated carbocycles. The molecule has 1 aromatic rings. The Labute approximate surface area is 110 Å². The molecule has 0 spiro atoms. The van der Waals surface area contributed by atoms with Gasteiger partial charge in [0.05, 0.1) is 11.5 Å². The molecule has 0 bridgehead atoms.